The average molecular weight is 791 g/mol. The number of hydrogen-bond donors (Lipinski definition) is 3. The zero-order chi connectivity index (χ0) is 40.7. The van der Waals surface area contributed by atoms with E-state index in [-0.39, 0.29) is 41.4 Å². The number of aromatic nitrogens is 1. The van der Waals surface area contributed by atoms with Crippen LogP contribution in [-0.4, -0.2) is 83.2 Å². The lowest BCUT2D eigenvalue weighted by atomic mass is 9.78. The fraction of sp³-hybridized carbons (Fsp3) is 0.558. The molecular weight excluding hydrogens is 735 g/mol. The number of benzene rings is 2. The number of amides is 3. The molecule has 308 valence electrons. The van der Waals surface area contributed by atoms with Crippen LogP contribution in [0.15, 0.2) is 54.6 Å². The van der Waals surface area contributed by atoms with E-state index >= 15 is 0 Å². The van der Waals surface area contributed by atoms with Crippen LogP contribution in [0, 0.1) is 11.8 Å². The van der Waals surface area contributed by atoms with Crippen LogP contribution in [0.3, 0.4) is 0 Å². The zero-order valence-electron chi connectivity index (χ0n) is 33.2. The van der Waals surface area contributed by atoms with E-state index in [0.717, 1.165) is 37.7 Å². The number of alkyl halides is 1. The van der Waals surface area contributed by atoms with Crippen LogP contribution in [-0.2, 0) is 28.5 Å². The summed E-state index contributed by atoms with van der Waals surface area (Å²) in [6, 6.07) is 15.0. The molecule has 2 aromatic carbocycles. The fourth-order valence-electron chi connectivity index (χ4n) is 8.41. The summed E-state index contributed by atoms with van der Waals surface area (Å²) < 4.78 is 35.3. The second kappa shape index (κ2) is 18.4. The molecule has 13 nitrogen and oxygen atoms in total. The van der Waals surface area contributed by atoms with Gasteiger partial charge in [0.15, 0.2) is 0 Å². The Morgan fingerprint density at radius 1 is 0.895 bits per heavy atom. The van der Waals surface area contributed by atoms with E-state index in [1.807, 2.05) is 30.3 Å². The monoisotopic (exact) mass is 790 g/mol. The second-order valence-electron chi connectivity index (χ2n) is 16.5. The van der Waals surface area contributed by atoms with Crippen molar-refractivity contribution < 1.29 is 47.3 Å². The number of rotatable bonds is 11. The number of carbonyl (C=O) groups excluding carboxylic acids is 5. The topological polar surface area (TPSA) is 165 Å². The summed E-state index contributed by atoms with van der Waals surface area (Å²) in [6.07, 6.45) is 4.52. The number of H-pyrrole nitrogens is 1. The number of esters is 1. The Kier molecular flexibility index (Phi) is 13.4. The number of likely N-dealkylation sites (tertiary alicyclic amines) is 1. The first-order chi connectivity index (χ1) is 27.3. The highest BCUT2D eigenvalue weighted by Gasteiger charge is 2.45. The van der Waals surface area contributed by atoms with Gasteiger partial charge < -0.3 is 39.5 Å². The maximum atomic E-state index is 14.2. The third-order valence-electron chi connectivity index (χ3n) is 11.2. The predicted octanol–water partition coefficient (Wildman–Crippen LogP) is 8.15. The first-order valence-corrected chi connectivity index (χ1v) is 20.2. The van der Waals surface area contributed by atoms with E-state index in [9.17, 15) is 28.4 Å². The van der Waals surface area contributed by atoms with Crippen molar-refractivity contribution in [1.82, 2.24) is 15.2 Å². The van der Waals surface area contributed by atoms with Crippen molar-refractivity contribution in [3.63, 3.8) is 0 Å². The van der Waals surface area contributed by atoms with Gasteiger partial charge in [0.1, 0.15) is 30.1 Å². The summed E-state index contributed by atoms with van der Waals surface area (Å²) in [7, 11) is 0. The normalized spacial score (nSPS) is 22.6. The van der Waals surface area contributed by atoms with Gasteiger partial charge in [-0.15, -0.1) is 0 Å². The molecule has 3 aliphatic rings. The number of fused-ring (bicyclic) bond motifs is 1. The van der Waals surface area contributed by atoms with E-state index in [2.05, 4.69) is 15.6 Å². The number of aromatic amines is 1. The molecule has 1 aliphatic heterocycles. The zero-order valence-corrected chi connectivity index (χ0v) is 33.2. The molecule has 57 heavy (non-hydrogen) atoms. The number of nitrogens with one attached hydrogen (secondary N) is 3. The van der Waals surface area contributed by atoms with Crippen molar-refractivity contribution in [2.24, 2.45) is 11.8 Å². The van der Waals surface area contributed by atoms with Crippen molar-refractivity contribution in [2.75, 3.05) is 18.5 Å². The third-order valence-corrected chi connectivity index (χ3v) is 11.2. The summed E-state index contributed by atoms with van der Waals surface area (Å²) in [4.78, 5) is 70.7. The van der Waals surface area contributed by atoms with Crippen molar-refractivity contribution in [1.29, 1.82) is 0 Å². The fourth-order valence-corrected chi connectivity index (χ4v) is 8.41. The summed E-state index contributed by atoms with van der Waals surface area (Å²) in [5.74, 6) is -1.87. The lowest BCUT2D eigenvalue weighted by Crippen LogP contribution is -2.49. The van der Waals surface area contributed by atoms with E-state index in [1.165, 1.54) is 6.92 Å². The highest BCUT2D eigenvalue weighted by molar-refractivity contribution is 6.01. The average Bonchev–Trinajstić information content (AvgIpc) is 3.82. The van der Waals surface area contributed by atoms with Crippen LogP contribution >= 0.6 is 0 Å². The lowest BCUT2D eigenvalue weighted by molar-refractivity contribution is -0.141. The van der Waals surface area contributed by atoms with Gasteiger partial charge in [-0.25, -0.2) is 18.8 Å². The standard InChI is InChI=1S/C43H55FN4O9/c1-26(55-42(53)56-32-13-9-6-10-14-32)54-40(51)35-24-30-23-31(19-20-34(30)46-35)45-38(49)37-33(27-11-7-5-8-12-27)21-22-48(37)39(50)29-17-15-28(16-18-29)36(25-44)47-41(52)57-43(2,3)4/h5,7-8,11-12,19-20,23-24,26,28-29,32-33,36-37,46H,6,9-10,13-18,21-22,25H2,1-4H3,(H,45,49)(H,47,52)/t26?,28-,29-,33-,36-,37+/m1/s1. The molecule has 1 unspecified atom stereocenters. The summed E-state index contributed by atoms with van der Waals surface area (Å²) in [5, 5.41) is 6.33. The van der Waals surface area contributed by atoms with Gasteiger partial charge in [0.2, 0.25) is 18.1 Å². The van der Waals surface area contributed by atoms with Crippen LogP contribution in [0.25, 0.3) is 10.9 Å². The third kappa shape index (κ3) is 10.8. The summed E-state index contributed by atoms with van der Waals surface area (Å²) >= 11 is 0. The van der Waals surface area contributed by atoms with Crippen LogP contribution < -0.4 is 10.6 Å². The Morgan fingerprint density at radius 2 is 1.61 bits per heavy atom. The molecule has 3 fully saturated rings. The molecule has 1 aromatic heterocycles. The molecule has 14 heteroatoms. The van der Waals surface area contributed by atoms with Crippen LogP contribution in [0.2, 0.25) is 0 Å². The molecule has 0 radical (unpaired) electrons. The number of ether oxygens (including phenoxy) is 4. The number of nitrogens with zero attached hydrogens (tertiary/aromatic N) is 1. The van der Waals surface area contributed by atoms with E-state index < -0.39 is 48.9 Å². The quantitative estimate of drug-likeness (QED) is 0.0988. The smallest absolute Gasteiger partial charge is 0.444 e. The highest BCUT2D eigenvalue weighted by Crippen LogP contribution is 2.39. The van der Waals surface area contributed by atoms with Gasteiger partial charge >= 0.3 is 18.2 Å². The number of hydrogen-bond acceptors (Lipinski definition) is 9. The van der Waals surface area contributed by atoms with Crippen LogP contribution in [0.5, 0.6) is 0 Å². The minimum atomic E-state index is -1.17. The number of alkyl carbamates (subject to hydrolysis) is 1. The van der Waals surface area contributed by atoms with Gasteiger partial charge in [-0.3, -0.25) is 9.59 Å². The van der Waals surface area contributed by atoms with Crippen LogP contribution in [0.4, 0.5) is 19.7 Å². The minimum absolute atomic E-state index is 0.103. The molecule has 4 atom stereocenters. The molecule has 3 amide bonds. The number of anilines is 1. The molecule has 6 rings (SSSR count). The first-order valence-electron chi connectivity index (χ1n) is 20.2. The molecule has 2 heterocycles. The van der Waals surface area contributed by atoms with E-state index in [4.69, 9.17) is 18.9 Å². The molecule has 2 aliphatic carbocycles. The maximum Gasteiger partial charge on any atom is 0.511 e. The SMILES string of the molecule is CC(OC(=O)OC1CCCCC1)OC(=O)c1cc2cc(NC(=O)[C@@H]3[C@@H](c4ccccc4)CCN3C(=O)[C@H]3CC[C@H]([C@@H](CF)NC(=O)OC(C)(C)C)CC3)ccc2[nH]1. The Labute approximate surface area is 332 Å². The van der Waals surface area contributed by atoms with Gasteiger partial charge in [-0.05, 0) is 114 Å². The molecular formula is C43H55FN4O9. The van der Waals surface area contributed by atoms with E-state index in [1.54, 1.807) is 49.9 Å². The van der Waals surface area contributed by atoms with Crippen molar-refractivity contribution >= 4 is 46.6 Å². The Bertz CT molecular complexity index is 1880. The van der Waals surface area contributed by atoms with Gasteiger partial charge in [-0.1, -0.05) is 36.8 Å². The molecule has 0 spiro atoms. The molecule has 0 bridgehead atoms. The first kappa shape index (κ1) is 41.5. The predicted molar refractivity (Wildman–Crippen MR) is 210 cm³/mol. The molecule has 3 N–H and O–H groups in total. The second-order valence-corrected chi connectivity index (χ2v) is 16.5. The van der Waals surface area contributed by atoms with Crippen molar-refractivity contribution in [2.45, 2.75) is 128 Å². The molecule has 1 saturated heterocycles. The van der Waals surface area contributed by atoms with Crippen LogP contribution in [0.1, 0.15) is 114 Å². The molecule has 2 saturated carbocycles. The van der Waals surface area contributed by atoms with E-state index in [0.29, 0.717) is 55.2 Å². The summed E-state index contributed by atoms with van der Waals surface area (Å²) in [5.41, 5.74) is 1.49. The minimum Gasteiger partial charge on any atom is -0.444 e. The van der Waals surface area contributed by atoms with Crippen molar-refractivity contribution in [3.05, 3.63) is 65.9 Å². The maximum absolute atomic E-state index is 14.2. The number of halogens is 1. The van der Waals surface area contributed by atoms with Crippen molar-refractivity contribution in [3.8, 4) is 0 Å². The van der Waals surface area contributed by atoms with Gasteiger partial charge in [0, 0.05) is 41.9 Å². The molecule has 3 aromatic rings. The Hall–Kier alpha value is -5.14. The van der Waals surface area contributed by atoms with Gasteiger partial charge in [0.05, 0.1) is 6.04 Å². The lowest BCUT2D eigenvalue weighted by Gasteiger charge is -2.36. The highest BCUT2D eigenvalue weighted by atomic mass is 19.1. The van der Waals surface area contributed by atoms with Gasteiger partial charge in [0.25, 0.3) is 0 Å². The largest absolute Gasteiger partial charge is 0.511 e. The summed E-state index contributed by atoms with van der Waals surface area (Å²) in [6.45, 7) is 6.36. The number of carbonyl (C=O) groups is 5. The van der Waals surface area contributed by atoms with Gasteiger partial charge in [-0.2, -0.15) is 0 Å². The Balaban J connectivity index is 1.09. The Morgan fingerprint density at radius 3 is 2.30 bits per heavy atom.